The summed E-state index contributed by atoms with van der Waals surface area (Å²) in [6, 6.07) is 5.54. The molecule has 0 bridgehead atoms. The summed E-state index contributed by atoms with van der Waals surface area (Å²) >= 11 is 0. The Labute approximate surface area is 138 Å². The fourth-order valence-electron chi connectivity index (χ4n) is 2.70. The van der Waals surface area contributed by atoms with Gasteiger partial charge in [-0.2, -0.15) is 0 Å². The van der Waals surface area contributed by atoms with Crippen LogP contribution in [0.25, 0.3) is 0 Å². The minimum absolute atomic E-state index is 0. The number of halogens is 1. The topological polar surface area (TPSA) is 59.6 Å². The van der Waals surface area contributed by atoms with Gasteiger partial charge in [0.25, 0.3) is 0 Å². The highest BCUT2D eigenvalue weighted by atomic mass is 35.5. The maximum absolute atomic E-state index is 12.1. The molecule has 0 aliphatic carbocycles. The van der Waals surface area contributed by atoms with Gasteiger partial charge in [-0.05, 0) is 44.0 Å². The Morgan fingerprint density at radius 3 is 2.55 bits per heavy atom. The summed E-state index contributed by atoms with van der Waals surface area (Å²) in [4.78, 5) is 12.1. The molecule has 1 aromatic carbocycles. The molecule has 5 nitrogen and oxygen atoms in total. The first-order valence-corrected chi connectivity index (χ1v) is 7.42. The minimum atomic E-state index is 0. The molecule has 0 saturated carbocycles. The van der Waals surface area contributed by atoms with Gasteiger partial charge in [-0.3, -0.25) is 4.79 Å². The maximum Gasteiger partial charge on any atom is 0.224 e. The van der Waals surface area contributed by atoms with Crippen molar-refractivity contribution in [1.82, 2.24) is 10.6 Å². The van der Waals surface area contributed by atoms with Crippen molar-refractivity contribution in [3.8, 4) is 11.5 Å². The molecule has 1 heterocycles. The zero-order valence-electron chi connectivity index (χ0n) is 13.2. The highest BCUT2D eigenvalue weighted by Gasteiger charge is 2.16. The first-order valence-electron chi connectivity index (χ1n) is 7.42. The van der Waals surface area contributed by atoms with Crippen LogP contribution in [0.2, 0.25) is 0 Å². The third-order valence-corrected chi connectivity index (χ3v) is 3.90. The number of carbonyl (C=O) groups excluding carboxylic acids is 1. The summed E-state index contributed by atoms with van der Waals surface area (Å²) in [5, 5.41) is 6.32. The quantitative estimate of drug-likeness (QED) is 0.801. The molecule has 0 aromatic heterocycles. The van der Waals surface area contributed by atoms with Gasteiger partial charge < -0.3 is 20.1 Å². The van der Waals surface area contributed by atoms with Crippen LogP contribution in [-0.2, 0) is 11.2 Å². The van der Waals surface area contributed by atoms with E-state index in [-0.39, 0.29) is 24.7 Å². The normalized spacial score (nSPS) is 16.7. The second kappa shape index (κ2) is 9.54. The van der Waals surface area contributed by atoms with E-state index in [0.29, 0.717) is 17.4 Å². The summed E-state index contributed by atoms with van der Waals surface area (Å²) in [6.45, 7) is 2.88. The van der Waals surface area contributed by atoms with Crippen molar-refractivity contribution in [2.45, 2.75) is 19.3 Å². The molecule has 22 heavy (non-hydrogen) atoms. The number of carbonyl (C=O) groups is 1. The Kier molecular flexibility index (Phi) is 8.06. The lowest BCUT2D eigenvalue weighted by molar-refractivity contribution is -0.120. The van der Waals surface area contributed by atoms with Crippen LogP contribution in [0, 0.1) is 5.92 Å². The number of hydrogen-bond donors (Lipinski definition) is 2. The van der Waals surface area contributed by atoms with E-state index >= 15 is 0 Å². The molecule has 1 atom stereocenters. The van der Waals surface area contributed by atoms with Crippen molar-refractivity contribution in [3.05, 3.63) is 23.8 Å². The van der Waals surface area contributed by atoms with Gasteiger partial charge in [0.2, 0.25) is 5.91 Å². The number of rotatable bonds is 7. The molecule has 124 valence electrons. The summed E-state index contributed by atoms with van der Waals surface area (Å²) in [6.07, 6.45) is 2.51. The molecule has 1 unspecified atom stereocenters. The smallest absolute Gasteiger partial charge is 0.224 e. The number of ether oxygens (including phenoxy) is 2. The zero-order chi connectivity index (χ0) is 15.1. The van der Waals surface area contributed by atoms with Crippen LogP contribution < -0.4 is 20.1 Å². The number of benzene rings is 1. The lowest BCUT2D eigenvalue weighted by atomic mass is 10.0. The Morgan fingerprint density at radius 2 is 2.00 bits per heavy atom. The van der Waals surface area contributed by atoms with Crippen LogP contribution in [0.15, 0.2) is 18.2 Å². The fraction of sp³-hybridized carbons (Fsp3) is 0.562. The summed E-state index contributed by atoms with van der Waals surface area (Å²) < 4.78 is 10.6. The van der Waals surface area contributed by atoms with Gasteiger partial charge in [0, 0.05) is 12.1 Å². The zero-order valence-corrected chi connectivity index (χ0v) is 14.0. The van der Waals surface area contributed by atoms with Gasteiger partial charge in [-0.1, -0.05) is 6.07 Å². The number of amides is 1. The highest BCUT2D eigenvalue weighted by Crippen LogP contribution is 2.28. The molecule has 1 aromatic rings. The van der Waals surface area contributed by atoms with E-state index in [9.17, 15) is 4.79 Å². The Morgan fingerprint density at radius 1 is 1.32 bits per heavy atom. The second-order valence-corrected chi connectivity index (χ2v) is 5.32. The number of hydrogen-bond acceptors (Lipinski definition) is 4. The first kappa shape index (κ1) is 18.6. The molecule has 2 rings (SSSR count). The van der Waals surface area contributed by atoms with E-state index < -0.39 is 0 Å². The van der Waals surface area contributed by atoms with E-state index in [1.165, 1.54) is 6.42 Å². The maximum atomic E-state index is 12.1. The van der Waals surface area contributed by atoms with Gasteiger partial charge in [-0.25, -0.2) is 0 Å². The predicted octanol–water partition coefficient (Wildman–Crippen LogP) is 1.78. The Balaban J connectivity index is 0.00000242. The standard InChI is InChI=1S/C16H24N2O3.ClH/c1-20-14-4-3-5-15(21-2)13(14)10-16(19)18-9-7-12-6-8-17-11-12;/h3-5,12,17H,6-11H2,1-2H3,(H,18,19);1H. The van der Waals surface area contributed by atoms with Crippen molar-refractivity contribution < 1.29 is 14.3 Å². The van der Waals surface area contributed by atoms with E-state index in [0.717, 1.165) is 31.6 Å². The van der Waals surface area contributed by atoms with Crippen LogP contribution in [-0.4, -0.2) is 39.8 Å². The van der Waals surface area contributed by atoms with Crippen molar-refractivity contribution in [3.63, 3.8) is 0 Å². The van der Waals surface area contributed by atoms with Crippen LogP contribution in [0.3, 0.4) is 0 Å². The van der Waals surface area contributed by atoms with Crippen molar-refractivity contribution in [2.24, 2.45) is 5.92 Å². The molecule has 1 saturated heterocycles. The summed E-state index contributed by atoms with van der Waals surface area (Å²) in [5.41, 5.74) is 0.794. The van der Waals surface area contributed by atoms with Crippen LogP contribution in [0.4, 0.5) is 0 Å². The third kappa shape index (κ3) is 5.07. The minimum Gasteiger partial charge on any atom is -0.496 e. The van der Waals surface area contributed by atoms with Crippen molar-refractivity contribution in [2.75, 3.05) is 33.9 Å². The van der Waals surface area contributed by atoms with Gasteiger partial charge >= 0.3 is 0 Å². The monoisotopic (exact) mass is 328 g/mol. The van der Waals surface area contributed by atoms with Gasteiger partial charge in [0.15, 0.2) is 0 Å². The summed E-state index contributed by atoms with van der Waals surface area (Å²) in [5.74, 6) is 2.06. The lowest BCUT2D eigenvalue weighted by Crippen LogP contribution is -2.28. The van der Waals surface area contributed by atoms with E-state index in [4.69, 9.17) is 9.47 Å². The van der Waals surface area contributed by atoms with E-state index in [1.807, 2.05) is 18.2 Å². The molecule has 1 aliphatic rings. The third-order valence-electron chi connectivity index (χ3n) is 3.90. The molecule has 0 radical (unpaired) electrons. The summed E-state index contributed by atoms with van der Waals surface area (Å²) in [7, 11) is 3.20. The SMILES string of the molecule is COc1cccc(OC)c1CC(=O)NCCC1CCNC1.Cl. The Hall–Kier alpha value is -1.46. The number of methoxy groups -OCH3 is 2. The molecule has 1 aliphatic heterocycles. The molecular weight excluding hydrogens is 304 g/mol. The van der Waals surface area contributed by atoms with E-state index in [2.05, 4.69) is 10.6 Å². The molecular formula is C16H25ClN2O3. The van der Waals surface area contributed by atoms with Gasteiger partial charge in [0.05, 0.1) is 20.6 Å². The average molecular weight is 329 g/mol. The number of nitrogens with one attached hydrogen (secondary N) is 2. The fourth-order valence-corrected chi connectivity index (χ4v) is 2.70. The first-order chi connectivity index (χ1) is 10.2. The average Bonchev–Trinajstić information content (AvgIpc) is 3.00. The van der Waals surface area contributed by atoms with Crippen molar-refractivity contribution >= 4 is 18.3 Å². The molecule has 6 heteroatoms. The highest BCUT2D eigenvalue weighted by molar-refractivity contribution is 5.85. The molecule has 1 fully saturated rings. The van der Waals surface area contributed by atoms with Gasteiger partial charge in [-0.15, -0.1) is 12.4 Å². The lowest BCUT2D eigenvalue weighted by Gasteiger charge is -2.13. The van der Waals surface area contributed by atoms with Crippen molar-refractivity contribution in [1.29, 1.82) is 0 Å². The van der Waals surface area contributed by atoms with Crippen LogP contribution >= 0.6 is 12.4 Å². The van der Waals surface area contributed by atoms with Crippen LogP contribution in [0.1, 0.15) is 18.4 Å². The Bertz CT molecular complexity index is 454. The largest absolute Gasteiger partial charge is 0.496 e. The molecule has 2 N–H and O–H groups in total. The van der Waals surface area contributed by atoms with Gasteiger partial charge in [0.1, 0.15) is 11.5 Å². The molecule has 0 spiro atoms. The van der Waals surface area contributed by atoms with E-state index in [1.54, 1.807) is 14.2 Å². The van der Waals surface area contributed by atoms with Crippen LogP contribution in [0.5, 0.6) is 11.5 Å². The predicted molar refractivity (Wildman–Crippen MR) is 89.1 cm³/mol. The molecule has 1 amide bonds. The second-order valence-electron chi connectivity index (χ2n) is 5.32.